The highest BCUT2D eigenvalue weighted by atomic mass is 16.5. The van der Waals surface area contributed by atoms with Crippen LogP contribution in [0.2, 0.25) is 0 Å². The first-order valence-electron chi connectivity index (χ1n) is 22.3. The van der Waals surface area contributed by atoms with E-state index in [1.165, 1.54) is 55.8 Å². The lowest BCUT2D eigenvalue weighted by atomic mass is 9.69. The maximum Gasteiger partial charge on any atom is 0.122 e. The van der Waals surface area contributed by atoms with Gasteiger partial charge in [-0.25, -0.2) is 0 Å². The molecule has 3 nitrogen and oxygen atoms in total. The largest absolute Gasteiger partial charge is 0.489 e. The molecular formula is C59H66N2O. The van der Waals surface area contributed by atoms with E-state index in [-0.39, 0.29) is 10.8 Å². The van der Waals surface area contributed by atoms with Gasteiger partial charge >= 0.3 is 0 Å². The minimum atomic E-state index is 0.191. The molecule has 0 amide bonds. The Morgan fingerprint density at radius 1 is 0.452 bits per heavy atom. The minimum absolute atomic E-state index is 0.191. The molecule has 7 aromatic rings. The zero-order valence-corrected chi connectivity index (χ0v) is 39.2. The van der Waals surface area contributed by atoms with Crippen LogP contribution in [-0.2, 0) is 6.61 Å². The van der Waals surface area contributed by atoms with Crippen molar-refractivity contribution in [2.45, 2.75) is 102 Å². The van der Waals surface area contributed by atoms with Crippen LogP contribution < -0.4 is 14.5 Å². The van der Waals surface area contributed by atoms with Gasteiger partial charge in [-0.05, 0) is 199 Å². The molecule has 0 radical (unpaired) electrons. The first-order valence-corrected chi connectivity index (χ1v) is 22.3. The van der Waals surface area contributed by atoms with Crippen molar-refractivity contribution in [1.29, 1.82) is 0 Å². The maximum atomic E-state index is 6.50. The monoisotopic (exact) mass is 819 g/mol. The summed E-state index contributed by atoms with van der Waals surface area (Å²) in [5, 5.41) is 0. The molecule has 0 saturated carbocycles. The fraction of sp³-hybridized carbons (Fsp3) is 0.288. The maximum absolute atomic E-state index is 6.50. The number of nitrogens with zero attached hydrogens (tertiary/aromatic N) is 2. The average molecular weight is 819 g/mol. The zero-order valence-electron chi connectivity index (χ0n) is 39.2. The molecule has 0 saturated heterocycles. The van der Waals surface area contributed by atoms with Crippen molar-refractivity contribution >= 4 is 34.1 Å². The number of ether oxygens (including phenoxy) is 1. The highest BCUT2D eigenvalue weighted by molar-refractivity contribution is 5.84. The molecule has 0 aliphatic heterocycles. The summed E-state index contributed by atoms with van der Waals surface area (Å²) in [6, 6.07) is 55.7. The molecule has 1 atom stereocenters. The second-order valence-electron chi connectivity index (χ2n) is 19.9. The molecule has 0 N–H and O–H groups in total. The third-order valence-corrected chi connectivity index (χ3v) is 12.0. The quantitative estimate of drug-likeness (QED) is 0.122. The second-order valence-corrected chi connectivity index (χ2v) is 19.9. The smallest absolute Gasteiger partial charge is 0.122 e. The topological polar surface area (TPSA) is 15.7 Å². The summed E-state index contributed by atoms with van der Waals surface area (Å²) < 4.78 is 6.50. The number of benzene rings is 7. The van der Waals surface area contributed by atoms with Crippen LogP contribution in [0, 0.1) is 52.4 Å². The Labute approximate surface area is 373 Å². The van der Waals surface area contributed by atoms with Gasteiger partial charge in [0, 0.05) is 34.1 Å². The molecule has 0 bridgehead atoms. The number of hydrogen-bond acceptors (Lipinski definition) is 3. The van der Waals surface area contributed by atoms with Crippen LogP contribution in [0.5, 0.6) is 5.75 Å². The second kappa shape index (κ2) is 18.1. The fourth-order valence-corrected chi connectivity index (χ4v) is 8.81. The van der Waals surface area contributed by atoms with Crippen molar-refractivity contribution in [2.75, 3.05) is 9.80 Å². The Morgan fingerprint density at radius 3 is 1.29 bits per heavy atom. The van der Waals surface area contributed by atoms with Gasteiger partial charge in [0.15, 0.2) is 0 Å². The molecule has 0 aromatic heterocycles. The standard InChI is InChI=1S/C59H66N2O/c1-40-16-13-19-50(32-40)60(51-20-14-17-41(2)33-51)55-29-26-48(35-43(55)4)49-27-30-56(44(5)36-49)61(52-21-15-18-42(3)34-52)53-28-31-57(45(6)37-53)62-39-46-22-24-47(25-23-46)54(59(10,11)12)38-58(7,8)9/h13-37,54H,38-39H2,1-12H3. The lowest BCUT2D eigenvalue weighted by Crippen LogP contribution is -2.23. The highest BCUT2D eigenvalue weighted by Gasteiger charge is 2.30. The van der Waals surface area contributed by atoms with Crippen molar-refractivity contribution in [3.63, 3.8) is 0 Å². The Hall–Kier alpha value is -6.06. The Balaban J connectivity index is 1.15. The molecule has 318 valence electrons. The SMILES string of the molecule is Cc1cccc(N(c2cccc(C)c2)c2ccc(-c3ccc(N(c4cccc(C)c4)c4ccc(OCc5ccc(C(CC(C)(C)C)C(C)(C)C)cc5)c(C)c4)c(C)c3)cc2C)c1. The molecule has 0 heterocycles. The molecule has 0 aliphatic carbocycles. The van der Waals surface area contributed by atoms with Crippen LogP contribution in [0.3, 0.4) is 0 Å². The number of aryl methyl sites for hydroxylation is 6. The fourth-order valence-electron chi connectivity index (χ4n) is 8.81. The van der Waals surface area contributed by atoms with Crippen molar-refractivity contribution in [2.24, 2.45) is 10.8 Å². The van der Waals surface area contributed by atoms with Crippen molar-refractivity contribution in [3.8, 4) is 16.9 Å². The third kappa shape index (κ3) is 10.3. The molecule has 1 unspecified atom stereocenters. The molecular weight excluding hydrogens is 753 g/mol. The first kappa shape index (κ1) is 44.0. The Kier molecular flexibility index (Phi) is 12.9. The average Bonchev–Trinajstić information content (AvgIpc) is 3.21. The van der Waals surface area contributed by atoms with E-state index in [0.717, 1.165) is 46.2 Å². The van der Waals surface area contributed by atoms with E-state index in [1.807, 2.05) is 0 Å². The van der Waals surface area contributed by atoms with E-state index in [0.29, 0.717) is 12.5 Å². The predicted molar refractivity (Wildman–Crippen MR) is 267 cm³/mol. The van der Waals surface area contributed by atoms with Crippen LogP contribution in [0.1, 0.15) is 98.4 Å². The van der Waals surface area contributed by atoms with E-state index in [4.69, 9.17) is 4.74 Å². The van der Waals surface area contributed by atoms with Crippen molar-refractivity contribution in [3.05, 3.63) is 196 Å². The molecule has 0 fully saturated rings. The summed E-state index contributed by atoms with van der Waals surface area (Å²) in [7, 11) is 0. The van der Waals surface area contributed by atoms with Gasteiger partial charge in [-0.3, -0.25) is 0 Å². The normalized spacial score (nSPS) is 12.3. The predicted octanol–water partition coefficient (Wildman–Crippen LogP) is 17.3. The van der Waals surface area contributed by atoms with E-state index < -0.39 is 0 Å². The van der Waals surface area contributed by atoms with Crippen LogP contribution in [0.15, 0.2) is 152 Å². The van der Waals surface area contributed by atoms with Crippen LogP contribution in [0.4, 0.5) is 34.1 Å². The van der Waals surface area contributed by atoms with Crippen LogP contribution in [-0.4, -0.2) is 0 Å². The Morgan fingerprint density at radius 2 is 0.903 bits per heavy atom. The zero-order chi connectivity index (χ0) is 44.3. The molecule has 7 rings (SSSR count). The summed E-state index contributed by atoms with van der Waals surface area (Å²) >= 11 is 0. The molecule has 0 spiro atoms. The van der Waals surface area contributed by atoms with Gasteiger partial charge < -0.3 is 14.5 Å². The number of hydrogen-bond donors (Lipinski definition) is 0. The van der Waals surface area contributed by atoms with Gasteiger partial charge in [-0.15, -0.1) is 0 Å². The third-order valence-electron chi connectivity index (χ3n) is 12.0. The van der Waals surface area contributed by atoms with Gasteiger partial charge in [0.25, 0.3) is 0 Å². The van der Waals surface area contributed by atoms with Crippen LogP contribution in [0.25, 0.3) is 11.1 Å². The molecule has 0 aliphatic rings. The summed E-state index contributed by atoms with van der Waals surface area (Å²) in [4.78, 5) is 4.75. The van der Waals surface area contributed by atoms with Crippen molar-refractivity contribution < 1.29 is 4.74 Å². The minimum Gasteiger partial charge on any atom is -0.489 e. The molecule has 3 heteroatoms. The van der Waals surface area contributed by atoms with E-state index in [2.05, 4.69) is 245 Å². The Bertz CT molecular complexity index is 2610. The first-order chi connectivity index (χ1) is 29.4. The molecule has 62 heavy (non-hydrogen) atoms. The lowest BCUT2D eigenvalue weighted by molar-refractivity contribution is 0.229. The van der Waals surface area contributed by atoms with E-state index in [9.17, 15) is 0 Å². The van der Waals surface area contributed by atoms with Gasteiger partial charge in [0.1, 0.15) is 12.4 Å². The summed E-state index contributed by atoms with van der Waals surface area (Å²) in [6.07, 6.45) is 1.15. The summed E-state index contributed by atoms with van der Waals surface area (Å²) in [6.45, 7) is 27.7. The van der Waals surface area contributed by atoms with Crippen LogP contribution >= 0.6 is 0 Å². The van der Waals surface area contributed by atoms with Crippen molar-refractivity contribution in [1.82, 2.24) is 0 Å². The van der Waals surface area contributed by atoms with Gasteiger partial charge in [-0.1, -0.05) is 114 Å². The summed E-state index contributed by atoms with van der Waals surface area (Å²) in [5.74, 6) is 1.39. The number of rotatable bonds is 12. The molecule has 7 aromatic carbocycles. The number of anilines is 6. The van der Waals surface area contributed by atoms with Gasteiger partial charge in [-0.2, -0.15) is 0 Å². The van der Waals surface area contributed by atoms with E-state index in [1.54, 1.807) is 0 Å². The lowest BCUT2D eigenvalue weighted by Gasteiger charge is -2.36. The highest BCUT2D eigenvalue weighted by Crippen LogP contribution is 2.44. The summed E-state index contributed by atoms with van der Waals surface area (Å²) in [5.41, 5.74) is 19.5. The van der Waals surface area contributed by atoms with Gasteiger partial charge in [0.2, 0.25) is 0 Å². The van der Waals surface area contributed by atoms with Gasteiger partial charge in [0.05, 0.1) is 0 Å². The van der Waals surface area contributed by atoms with E-state index >= 15 is 0 Å².